The molecular formula is C14H19NO. The normalized spacial score (nSPS) is 16.6. The van der Waals surface area contributed by atoms with E-state index in [1.165, 1.54) is 24.0 Å². The summed E-state index contributed by atoms with van der Waals surface area (Å²) >= 11 is 0. The molecule has 1 aliphatic rings. The van der Waals surface area contributed by atoms with Crippen LogP contribution in [0.3, 0.4) is 0 Å². The summed E-state index contributed by atoms with van der Waals surface area (Å²) in [6, 6.07) is 6.08. The van der Waals surface area contributed by atoms with Crippen LogP contribution in [-0.4, -0.2) is 11.8 Å². The van der Waals surface area contributed by atoms with Gasteiger partial charge in [-0.15, -0.1) is 0 Å². The molecule has 0 radical (unpaired) electrons. The molecule has 2 heteroatoms. The number of nitrogens with two attached hydrogens (primary N) is 1. The number of Topliss-reactive ketones (excluding diaryl/α,β-unsaturated/α-hetero) is 1. The number of hydrogen-bond acceptors (Lipinski definition) is 2. The standard InChI is InChI=1S/C14H19NO/c1-10(15)8-14(16)13-7-6-11-4-2-3-5-12(11)9-13/h6-7,9-10H,2-5,8,15H2,1H3. The Morgan fingerprint density at radius 2 is 2.00 bits per heavy atom. The first-order chi connectivity index (χ1) is 7.66. The first-order valence-electron chi connectivity index (χ1n) is 6.07. The molecule has 1 aliphatic carbocycles. The fourth-order valence-electron chi connectivity index (χ4n) is 2.32. The van der Waals surface area contributed by atoms with E-state index in [-0.39, 0.29) is 11.8 Å². The van der Waals surface area contributed by atoms with Crippen LogP contribution in [0.5, 0.6) is 0 Å². The van der Waals surface area contributed by atoms with Crippen LogP contribution in [0, 0.1) is 0 Å². The van der Waals surface area contributed by atoms with Crippen LogP contribution in [0.4, 0.5) is 0 Å². The molecule has 86 valence electrons. The Hall–Kier alpha value is -1.15. The fraction of sp³-hybridized carbons (Fsp3) is 0.500. The van der Waals surface area contributed by atoms with Gasteiger partial charge in [0.05, 0.1) is 0 Å². The van der Waals surface area contributed by atoms with E-state index < -0.39 is 0 Å². The lowest BCUT2D eigenvalue weighted by Crippen LogP contribution is -2.20. The van der Waals surface area contributed by atoms with Crippen LogP contribution in [0.1, 0.15) is 47.7 Å². The quantitative estimate of drug-likeness (QED) is 0.790. The van der Waals surface area contributed by atoms with Crippen molar-refractivity contribution in [1.82, 2.24) is 0 Å². The summed E-state index contributed by atoms with van der Waals surface area (Å²) in [6.45, 7) is 1.87. The van der Waals surface area contributed by atoms with Gasteiger partial charge >= 0.3 is 0 Å². The third-order valence-electron chi connectivity index (χ3n) is 3.18. The highest BCUT2D eigenvalue weighted by molar-refractivity contribution is 5.96. The van der Waals surface area contributed by atoms with Crippen LogP contribution < -0.4 is 5.73 Å². The second-order valence-electron chi connectivity index (χ2n) is 4.80. The summed E-state index contributed by atoms with van der Waals surface area (Å²) in [5.41, 5.74) is 9.26. The Balaban J connectivity index is 2.19. The Labute approximate surface area is 96.8 Å². The van der Waals surface area contributed by atoms with Crippen molar-refractivity contribution in [3.05, 3.63) is 34.9 Å². The number of fused-ring (bicyclic) bond motifs is 1. The molecule has 1 unspecified atom stereocenters. The predicted molar refractivity (Wildman–Crippen MR) is 65.7 cm³/mol. The minimum Gasteiger partial charge on any atom is -0.328 e. The van der Waals surface area contributed by atoms with Crippen molar-refractivity contribution < 1.29 is 4.79 Å². The molecule has 0 saturated carbocycles. The van der Waals surface area contributed by atoms with Crippen LogP contribution in [-0.2, 0) is 12.8 Å². The van der Waals surface area contributed by atoms with Gasteiger partial charge in [-0.05, 0) is 49.8 Å². The average molecular weight is 217 g/mol. The van der Waals surface area contributed by atoms with Gasteiger partial charge in [0.2, 0.25) is 0 Å². The van der Waals surface area contributed by atoms with Crippen molar-refractivity contribution in [2.45, 2.75) is 45.1 Å². The summed E-state index contributed by atoms with van der Waals surface area (Å²) in [6.07, 6.45) is 5.25. The number of benzene rings is 1. The van der Waals surface area contributed by atoms with E-state index in [0.29, 0.717) is 6.42 Å². The molecule has 0 aromatic heterocycles. The number of hydrogen-bond donors (Lipinski definition) is 1. The van der Waals surface area contributed by atoms with Crippen molar-refractivity contribution >= 4 is 5.78 Å². The summed E-state index contributed by atoms with van der Waals surface area (Å²) in [4.78, 5) is 11.9. The molecule has 0 amide bonds. The Kier molecular flexibility index (Phi) is 3.39. The Morgan fingerprint density at radius 3 is 2.69 bits per heavy atom. The topological polar surface area (TPSA) is 43.1 Å². The molecule has 1 atom stereocenters. The molecule has 2 rings (SSSR count). The van der Waals surface area contributed by atoms with Gasteiger partial charge in [-0.3, -0.25) is 4.79 Å². The van der Waals surface area contributed by atoms with Crippen LogP contribution >= 0.6 is 0 Å². The molecule has 0 aliphatic heterocycles. The molecule has 1 aromatic rings. The van der Waals surface area contributed by atoms with Gasteiger partial charge in [0.25, 0.3) is 0 Å². The number of carbonyl (C=O) groups is 1. The minimum atomic E-state index is -0.0523. The highest BCUT2D eigenvalue weighted by Gasteiger charge is 2.13. The van der Waals surface area contributed by atoms with E-state index in [0.717, 1.165) is 18.4 Å². The van der Waals surface area contributed by atoms with Crippen molar-refractivity contribution in [2.75, 3.05) is 0 Å². The van der Waals surface area contributed by atoms with Crippen molar-refractivity contribution in [3.63, 3.8) is 0 Å². The van der Waals surface area contributed by atoms with E-state index >= 15 is 0 Å². The van der Waals surface area contributed by atoms with Crippen LogP contribution in [0.25, 0.3) is 0 Å². The Morgan fingerprint density at radius 1 is 1.31 bits per heavy atom. The lowest BCUT2D eigenvalue weighted by Gasteiger charge is -2.16. The van der Waals surface area contributed by atoms with Crippen molar-refractivity contribution in [3.8, 4) is 0 Å². The lowest BCUT2D eigenvalue weighted by atomic mass is 9.89. The van der Waals surface area contributed by atoms with Gasteiger partial charge < -0.3 is 5.73 Å². The number of aryl methyl sites for hydroxylation is 2. The largest absolute Gasteiger partial charge is 0.328 e. The van der Waals surface area contributed by atoms with Gasteiger partial charge in [-0.2, -0.15) is 0 Å². The molecule has 2 nitrogen and oxygen atoms in total. The molecule has 1 aromatic carbocycles. The van der Waals surface area contributed by atoms with E-state index in [1.807, 2.05) is 13.0 Å². The first-order valence-corrected chi connectivity index (χ1v) is 6.07. The van der Waals surface area contributed by atoms with E-state index in [9.17, 15) is 4.79 Å². The van der Waals surface area contributed by atoms with E-state index in [2.05, 4.69) is 12.1 Å². The van der Waals surface area contributed by atoms with Crippen molar-refractivity contribution in [2.24, 2.45) is 5.73 Å². The molecule has 0 spiro atoms. The molecule has 0 saturated heterocycles. The van der Waals surface area contributed by atoms with Crippen molar-refractivity contribution in [1.29, 1.82) is 0 Å². The summed E-state index contributed by atoms with van der Waals surface area (Å²) < 4.78 is 0. The predicted octanol–water partition coefficient (Wildman–Crippen LogP) is 2.49. The monoisotopic (exact) mass is 217 g/mol. The SMILES string of the molecule is CC(N)CC(=O)c1ccc2c(c1)CCCC2. The third kappa shape index (κ3) is 2.50. The molecular weight excluding hydrogens is 198 g/mol. The maximum Gasteiger partial charge on any atom is 0.164 e. The smallest absolute Gasteiger partial charge is 0.164 e. The number of ketones is 1. The number of rotatable bonds is 3. The zero-order chi connectivity index (χ0) is 11.5. The molecule has 2 N–H and O–H groups in total. The Bertz CT molecular complexity index is 396. The summed E-state index contributed by atoms with van der Waals surface area (Å²) in [7, 11) is 0. The minimum absolute atomic E-state index is 0.0523. The second kappa shape index (κ2) is 4.79. The zero-order valence-electron chi connectivity index (χ0n) is 9.83. The lowest BCUT2D eigenvalue weighted by molar-refractivity contribution is 0.0976. The van der Waals surface area contributed by atoms with Gasteiger partial charge in [-0.25, -0.2) is 0 Å². The fourth-order valence-corrected chi connectivity index (χ4v) is 2.32. The molecule has 0 heterocycles. The van der Waals surface area contributed by atoms with Crippen LogP contribution in [0.15, 0.2) is 18.2 Å². The average Bonchev–Trinajstić information content (AvgIpc) is 2.27. The second-order valence-corrected chi connectivity index (χ2v) is 4.80. The maximum absolute atomic E-state index is 11.9. The van der Waals surface area contributed by atoms with E-state index in [4.69, 9.17) is 5.73 Å². The van der Waals surface area contributed by atoms with Crippen LogP contribution in [0.2, 0.25) is 0 Å². The van der Waals surface area contributed by atoms with Gasteiger partial charge in [-0.1, -0.05) is 12.1 Å². The molecule has 0 fully saturated rings. The number of carbonyl (C=O) groups excluding carboxylic acids is 1. The van der Waals surface area contributed by atoms with Gasteiger partial charge in [0.15, 0.2) is 5.78 Å². The molecule has 0 bridgehead atoms. The maximum atomic E-state index is 11.9. The molecule has 16 heavy (non-hydrogen) atoms. The zero-order valence-corrected chi connectivity index (χ0v) is 9.83. The summed E-state index contributed by atoms with van der Waals surface area (Å²) in [5.74, 6) is 0.170. The summed E-state index contributed by atoms with van der Waals surface area (Å²) in [5, 5.41) is 0. The third-order valence-corrected chi connectivity index (χ3v) is 3.18. The highest BCUT2D eigenvalue weighted by Crippen LogP contribution is 2.22. The highest BCUT2D eigenvalue weighted by atomic mass is 16.1. The first kappa shape index (κ1) is 11.3. The van der Waals surface area contributed by atoms with E-state index in [1.54, 1.807) is 0 Å². The van der Waals surface area contributed by atoms with Gasteiger partial charge in [0, 0.05) is 18.0 Å². The van der Waals surface area contributed by atoms with Gasteiger partial charge in [0.1, 0.15) is 0 Å².